The monoisotopic (exact) mass is 281 g/mol. The molecule has 0 fully saturated rings. The number of thioether (sulfide) groups is 1. The average Bonchev–Trinajstić information content (AvgIpc) is 2.88. The van der Waals surface area contributed by atoms with Gasteiger partial charge in [-0.2, -0.15) is 16.7 Å². The van der Waals surface area contributed by atoms with Crippen molar-refractivity contribution in [2.75, 3.05) is 12.3 Å². The fraction of sp³-hybridized carbons (Fsp3) is 0.385. The summed E-state index contributed by atoms with van der Waals surface area (Å²) >= 11 is 1.73. The van der Waals surface area contributed by atoms with Crippen molar-refractivity contribution in [1.29, 1.82) is 0 Å². The third kappa shape index (κ3) is 4.04. The lowest BCUT2D eigenvalue weighted by atomic mass is 10.2. The molecule has 1 aromatic carbocycles. The normalized spacial score (nSPS) is 12.6. The molecule has 102 valence electrons. The summed E-state index contributed by atoms with van der Waals surface area (Å²) in [7, 11) is 0. The summed E-state index contributed by atoms with van der Waals surface area (Å²) in [5.41, 5.74) is 6.27. The van der Waals surface area contributed by atoms with Crippen molar-refractivity contribution < 1.29 is 8.91 Å². The molecule has 0 aliphatic carbocycles. The molecule has 1 aromatic heterocycles. The van der Waals surface area contributed by atoms with E-state index in [1.807, 2.05) is 0 Å². The highest BCUT2D eigenvalue weighted by molar-refractivity contribution is 7.98. The molecule has 2 rings (SSSR count). The quantitative estimate of drug-likeness (QED) is 0.882. The highest BCUT2D eigenvalue weighted by Gasteiger charge is 2.09. The van der Waals surface area contributed by atoms with Crippen LogP contribution in [0.25, 0.3) is 11.5 Å². The van der Waals surface area contributed by atoms with E-state index < -0.39 is 0 Å². The Labute approximate surface area is 115 Å². The van der Waals surface area contributed by atoms with E-state index in [9.17, 15) is 4.39 Å². The van der Waals surface area contributed by atoms with Crippen LogP contribution in [0.5, 0.6) is 0 Å². The summed E-state index contributed by atoms with van der Waals surface area (Å²) in [4.78, 5) is 4.28. The topological polar surface area (TPSA) is 64.9 Å². The predicted molar refractivity (Wildman–Crippen MR) is 74.1 cm³/mol. The van der Waals surface area contributed by atoms with Crippen LogP contribution in [0.2, 0.25) is 0 Å². The van der Waals surface area contributed by atoms with Gasteiger partial charge in [0.05, 0.1) is 5.75 Å². The van der Waals surface area contributed by atoms with Crippen molar-refractivity contribution in [2.45, 2.75) is 12.7 Å². The molecule has 0 bridgehead atoms. The van der Waals surface area contributed by atoms with Crippen LogP contribution in [0.4, 0.5) is 4.39 Å². The summed E-state index contributed by atoms with van der Waals surface area (Å²) < 4.78 is 18.0. The van der Waals surface area contributed by atoms with Crippen molar-refractivity contribution in [3.05, 3.63) is 35.9 Å². The van der Waals surface area contributed by atoms with Gasteiger partial charge in [-0.05, 0) is 42.5 Å². The molecule has 0 saturated carbocycles. The summed E-state index contributed by atoms with van der Waals surface area (Å²) in [6.45, 7) is 2.78. The second-order valence-electron chi connectivity index (χ2n) is 4.38. The maximum Gasteiger partial charge on any atom is 0.257 e. The lowest BCUT2D eigenvalue weighted by Gasteiger charge is -2.05. The Morgan fingerprint density at radius 3 is 2.79 bits per heavy atom. The van der Waals surface area contributed by atoms with Crippen molar-refractivity contribution in [1.82, 2.24) is 10.1 Å². The van der Waals surface area contributed by atoms with Gasteiger partial charge in [0, 0.05) is 5.56 Å². The number of rotatable bonds is 6. The van der Waals surface area contributed by atoms with E-state index in [0.717, 1.165) is 11.3 Å². The first kappa shape index (κ1) is 14.0. The molecular formula is C13H16FN3OS. The van der Waals surface area contributed by atoms with Crippen LogP contribution in [-0.4, -0.2) is 22.4 Å². The minimum absolute atomic E-state index is 0.283. The maximum absolute atomic E-state index is 12.8. The summed E-state index contributed by atoms with van der Waals surface area (Å²) in [6, 6.07) is 5.99. The van der Waals surface area contributed by atoms with E-state index in [0.29, 0.717) is 29.9 Å². The Bertz CT molecular complexity index is 515. The molecule has 0 saturated heterocycles. The van der Waals surface area contributed by atoms with Crippen molar-refractivity contribution in [3.63, 3.8) is 0 Å². The number of nitrogens with zero attached hydrogens (tertiary/aromatic N) is 2. The molecular weight excluding hydrogens is 265 g/mol. The fourth-order valence-corrected chi connectivity index (χ4v) is 2.40. The second kappa shape index (κ2) is 6.68. The zero-order valence-corrected chi connectivity index (χ0v) is 11.5. The molecule has 0 spiro atoms. The van der Waals surface area contributed by atoms with Crippen LogP contribution in [-0.2, 0) is 5.75 Å². The van der Waals surface area contributed by atoms with Crippen LogP contribution in [0, 0.1) is 11.7 Å². The number of hydrogen-bond acceptors (Lipinski definition) is 5. The third-order valence-electron chi connectivity index (χ3n) is 2.60. The molecule has 1 atom stereocenters. The lowest BCUT2D eigenvalue weighted by molar-refractivity contribution is 0.425. The Hall–Kier alpha value is -1.40. The molecule has 0 aliphatic heterocycles. The van der Waals surface area contributed by atoms with Gasteiger partial charge in [-0.25, -0.2) is 4.39 Å². The van der Waals surface area contributed by atoms with E-state index in [4.69, 9.17) is 10.3 Å². The number of aromatic nitrogens is 2. The van der Waals surface area contributed by atoms with Gasteiger partial charge >= 0.3 is 0 Å². The van der Waals surface area contributed by atoms with Gasteiger partial charge in [0.15, 0.2) is 5.82 Å². The van der Waals surface area contributed by atoms with Gasteiger partial charge < -0.3 is 10.3 Å². The summed E-state index contributed by atoms with van der Waals surface area (Å²) in [5, 5.41) is 3.91. The molecule has 0 aliphatic rings. The van der Waals surface area contributed by atoms with Crippen molar-refractivity contribution in [3.8, 4) is 11.5 Å². The largest absolute Gasteiger partial charge is 0.334 e. The highest BCUT2D eigenvalue weighted by atomic mass is 32.2. The third-order valence-corrected chi connectivity index (χ3v) is 3.86. The van der Waals surface area contributed by atoms with Crippen LogP contribution in [0.3, 0.4) is 0 Å². The Morgan fingerprint density at radius 2 is 2.11 bits per heavy atom. The first-order chi connectivity index (χ1) is 9.19. The molecule has 0 radical (unpaired) electrons. The Morgan fingerprint density at radius 1 is 1.37 bits per heavy atom. The first-order valence-electron chi connectivity index (χ1n) is 6.05. The first-order valence-corrected chi connectivity index (χ1v) is 7.21. The number of halogens is 1. The van der Waals surface area contributed by atoms with Gasteiger partial charge in [-0.1, -0.05) is 12.1 Å². The van der Waals surface area contributed by atoms with Crippen molar-refractivity contribution in [2.24, 2.45) is 11.7 Å². The summed E-state index contributed by atoms with van der Waals surface area (Å²) in [6.07, 6.45) is 0. The average molecular weight is 281 g/mol. The molecule has 0 amide bonds. The Balaban J connectivity index is 1.93. The fourth-order valence-electron chi connectivity index (χ4n) is 1.44. The molecule has 1 heterocycles. The van der Waals surface area contributed by atoms with E-state index >= 15 is 0 Å². The van der Waals surface area contributed by atoms with E-state index in [1.54, 1.807) is 23.9 Å². The predicted octanol–water partition coefficient (Wildman–Crippen LogP) is 2.70. The number of hydrogen-bond donors (Lipinski definition) is 1. The van der Waals surface area contributed by atoms with E-state index in [-0.39, 0.29) is 5.82 Å². The van der Waals surface area contributed by atoms with Crippen LogP contribution in [0.15, 0.2) is 28.8 Å². The van der Waals surface area contributed by atoms with Gasteiger partial charge in [0.1, 0.15) is 5.82 Å². The molecule has 6 heteroatoms. The number of nitrogens with two attached hydrogens (primary N) is 1. The standard InChI is InChI=1S/C13H16FN3OS/c1-9(6-15)7-19-8-12-16-13(18-17-12)10-2-4-11(14)5-3-10/h2-5,9H,6-8,15H2,1H3. The molecule has 1 unspecified atom stereocenters. The zero-order valence-electron chi connectivity index (χ0n) is 10.7. The van der Waals surface area contributed by atoms with Crippen LogP contribution in [0.1, 0.15) is 12.7 Å². The van der Waals surface area contributed by atoms with E-state index in [2.05, 4.69) is 17.1 Å². The minimum Gasteiger partial charge on any atom is -0.334 e. The maximum atomic E-state index is 12.8. The second-order valence-corrected chi connectivity index (χ2v) is 5.41. The van der Waals surface area contributed by atoms with Gasteiger partial charge in [-0.3, -0.25) is 0 Å². The zero-order chi connectivity index (χ0) is 13.7. The van der Waals surface area contributed by atoms with Gasteiger partial charge in [0.25, 0.3) is 5.89 Å². The highest BCUT2D eigenvalue weighted by Crippen LogP contribution is 2.19. The SMILES string of the molecule is CC(CN)CSCc1noc(-c2ccc(F)cc2)n1. The van der Waals surface area contributed by atoms with Crippen LogP contribution < -0.4 is 5.73 Å². The molecule has 4 nitrogen and oxygen atoms in total. The molecule has 2 N–H and O–H groups in total. The number of benzene rings is 1. The van der Waals surface area contributed by atoms with Gasteiger partial charge in [0.2, 0.25) is 0 Å². The summed E-state index contributed by atoms with van der Waals surface area (Å²) in [5.74, 6) is 2.92. The molecule has 2 aromatic rings. The smallest absolute Gasteiger partial charge is 0.257 e. The Kier molecular flexibility index (Phi) is 4.93. The minimum atomic E-state index is -0.283. The molecule has 19 heavy (non-hydrogen) atoms. The van der Waals surface area contributed by atoms with E-state index in [1.165, 1.54) is 12.1 Å². The van der Waals surface area contributed by atoms with Crippen LogP contribution >= 0.6 is 11.8 Å². The van der Waals surface area contributed by atoms with Gasteiger partial charge in [-0.15, -0.1) is 0 Å². The lowest BCUT2D eigenvalue weighted by Crippen LogP contribution is -2.12. The van der Waals surface area contributed by atoms with Crippen molar-refractivity contribution >= 4 is 11.8 Å².